The van der Waals surface area contributed by atoms with Crippen LogP contribution in [0.3, 0.4) is 0 Å². The molecule has 0 atom stereocenters. The third kappa shape index (κ3) is 4.55. The van der Waals surface area contributed by atoms with E-state index in [0.717, 1.165) is 36.7 Å². The van der Waals surface area contributed by atoms with Gasteiger partial charge in [-0.15, -0.1) is 0 Å². The molecule has 2 rings (SSSR count). The Morgan fingerprint density at radius 3 is 2.50 bits per heavy atom. The maximum absolute atomic E-state index is 6.13. The van der Waals surface area contributed by atoms with Crippen molar-refractivity contribution in [2.24, 2.45) is 0 Å². The SMILES string of the molecule is COc1ccc(CNCCCc2ccccc2Cl)cc1. The summed E-state index contributed by atoms with van der Waals surface area (Å²) in [5.74, 6) is 0.896. The van der Waals surface area contributed by atoms with Gasteiger partial charge in [-0.25, -0.2) is 0 Å². The fraction of sp³-hybridized carbons (Fsp3) is 0.294. The predicted molar refractivity (Wildman–Crippen MR) is 84.5 cm³/mol. The smallest absolute Gasteiger partial charge is 0.118 e. The lowest BCUT2D eigenvalue weighted by atomic mass is 10.1. The van der Waals surface area contributed by atoms with Gasteiger partial charge in [0.05, 0.1) is 7.11 Å². The zero-order valence-electron chi connectivity index (χ0n) is 11.7. The quantitative estimate of drug-likeness (QED) is 0.776. The van der Waals surface area contributed by atoms with Gasteiger partial charge in [0.25, 0.3) is 0 Å². The number of ether oxygens (including phenoxy) is 1. The van der Waals surface area contributed by atoms with Crippen LogP contribution in [0, 0.1) is 0 Å². The maximum Gasteiger partial charge on any atom is 0.118 e. The molecule has 2 aromatic carbocycles. The van der Waals surface area contributed by atoms with Gasteiger partial charge >= 0.3 is 0 Å². The van der Waals surface area contributed by atoms with Crippen LogP contribution >= 0.6 is 11.6 Å². The molecule has 0 saturated heterocycles. The van der Waals surface area contributed by atoms with E-state index in [2.05, 4.69) is 23.5 Å². The summed E-state index contributed by atoms with van der Waals surface area (Å²) in [5.41, 5.74) is 2.49. The molecule has 106 valence electrons. The molecule has 0 aliphatic carbocycles. The highest BCUT2D eigenvalue weighted by molar-refractivity contribution is 6.31. The normalized spacial score (nSPS) is 10.5. The van der Waals surface area contributed by atoms with E-state index >= 15 is 0 Å². The Kier molecular flexibility index (Phi) is 5.90. The summed E-state index contributed by atoms with van der Waals surface area (Å²) in [6.45, 7) is 1.86. The molecule has 0 spiro atoms. The summed E-state index contributed by atoms with van der Waals surface area (Å²) in [6, 6.07) is 16.2. The highest BCUT2D eigenvalue weighted by atomic mass is 35.5. The van der Waals surface area contributed by atoms with Crippen molar-refractivity contribution in [3.05, 3.63) is 64.7 Å². The number of methoxy groups -OCH3 is 1. The molecule has 0 aliphatic heterocycles. The zero-order valence-corrected chi connectivity index (χ0v) is 12.5. The van der Waals surface area contributed by atoms with E-state index in [1.165, 1.54) is 11.1 Å². The summed E-state index contributed by atoms with van der Waals surface area (Å²) < 4.78 is 5.14. The Bertz CT molecular complexity index is 525. The number of rotatable bonds is 7. The van der Waals surface area contributed by atoms with Crippen LogP contribution in [0.15, 0.2) is 48.5 Å². The molecule has 0 bridgehead atoms. The van der Waals surface area contributed by atoms with Gasteiger partial charge in [-0.2, -0.15) is 0 Å². The van der Waals surface area contributed by atoms with E-state index < -0.39 is 0 Å². The van der Waals surface area contributed by atoms with E-state index in [9.17, 15) is 0 Å². The van der Waals surface area contributed by atoms with Crippen molar-refractivity contribution in [2.75, 3.05) is 13.7 Å². The lowest BCUT2D eigenvalue weighted by Gasteiger charge is -2.07. The summed E-state index contributed by atoms with van der Waals surface area (Å²) in [4.78, 5) is 0. The van der Waals surface area contributed by atoms with Crippen molar-refractivity contribution in [1.82, 2.24) is 5.32 Å². The van der Waals surface area contributed by atoms with Crippen LogP contribution in [0.4, 0.5) is 0 Å². The van der Waals surface area contributed by atoms with Crippen LogP contribution in [-0.2, 0) is 13.0 Å². The third-order valence-electron chi connectivity index (χ3n) is 3.25. The Labute approximate surface area is 125 Å². The van der Waals surface area contributed by atoms with Crippen molar-refractivity contribution in [3.63, 3.8) is 0 Å². The molecule has 0 aromatic heterocycles. The van der Waals surface area contributed by atoms with Crippen LogP contribution < -0.4 is 10.1 Å². The van der Waals surface area contributed by atoms with Crippen LogP contribution in [-0.4, -0.2) is 13.7 Å². The van der Waals surface area contributed by atoms with Gasteiger partial charge < -0.3 is 10.1 Å². The van der Waals surface area contributed by atoms with Crippen LogP contribution in [0.5, 0.6) is 5.75 Å². The molecule has 0 fully saturated rings. The molecule has 1 N–H and O–H groups in total. The van der Waals surface area contributed by atoms with E-state index in [1.54, 1.807) is 7.11 Å². The summed E-state index contributed by atoms with van der Waals surface area (Å²) in [5, 5.41) is 4.31. The zero-order chi connectivity index (χ0) is 14.2. The molecule has 20 heavy (non-hydrogen) atoms. The second-order valence-electron chi connectivity index (χ2n) is 4.72. The minimum atomic E-state index is 0.864. The van der Waals surface area contributed by atoms with Gasteiger partial charge in [0.15, 0.2) is 0 Å². The minimum Gasteiger partial charge on any atom is -0.497 e. The number of hydrogen-bond donors (Lipinski definition) is 1. The van der Waals surface area contributed by atoms with Gasteiger partial charge in [0.2, 0.25) is 0 Å². The van der Waals surface area contributed by atoms with Crippen LogP contribution in [0.2, 0.25) is 5.02 Å². The molecular formula is C17H20ClNO. The number of benzene rings is 2. The Morgan fingerprint density at radius 2 is 1.80 bits per heavy atom. The van der Waals surface area contributed by atoms with Crippen LogP contribution in [0.25, 0.3) is 0 Å². The second-order valence-corrected chi connectivity index (χ2v) is 5.13. The van der Waals surface area contributed by atoms with Crippen LogP contribution in [0.1, 0.15) is 17.5 Å². The van der Waals surface area contributed by atoms with Gasteiger partial charge in [0.1, 0.15) is 5.75 Å². The van der Waals surface area contributed by atoms with Gasteiger partial charge in [-0.1, -0.05) is 41.9 Å². The number of aryl methyl sites for hydroxylation is 1. The summed E-state index contributed by atoms with van der Waals surface area (Å²) in [7, 11) is 1.68. The molecule has 2 aromatic rings. The average molecular weight is 290 g/mol. The summed E-state index contributed by atoms with van der Waals surface area (Å²) in [6.07, 6.45) is 2.09. The molecule has 3 heteroatoms. The van der Waals surface area contributed by atoms with Crippen molar-refractivity contribution in [3.8, 4) is 5.75 Å². The first-order valence-corrected chi connectivity index (χ1v) is 7.24. The lowest BCUT2D eigenvalue weighted by molar-refractivity contribution is 0.414. The Morgan fingerprint density at radius 1 is 1.05 bits per heavy atom. The highest BCUT2D eigenvalue weighted by Crippen LogP contribution is 2.16. The molecule has 0 amide bonds. The molecule has 2 nitrogen and oxygen atoms in total. The second kappa shape index (κ2) is 7.93. The number of hydrogen-bond acceptors (Lipinski definition) is 2. The first-order valence-electron chi connectivity index (χ1n) is 6.86. The van der Waals surface area contributed by atoms with Crippen molar-refractivity contribution < 1.29 is 4.74 Å². The molecule has 0 heterocycles. The molecule has 0 unspecified atom stereocenters. The Hall–Kier alpha value is -1.51. The molecule has 0 aliphatic rings. The van der Waals surface area contributed by atoms with E-state index in [4.69, 9.17) is 16.3 Å². The topological polar surface area (TPSA) is 21.3 Å². The van der Waals surface area contributed by atoms with Gasteiger partial charge in [0, 0.05) is 11.6 Å². The average Bonchev–Trinajstić information content (AvgIpc) is 2.49. The van der Waals surface area contributed by atoms with E-state index in [0.29, 0.717) is 0 Å². The standard InChI is InChI=1S/C17H20ClNO/c1-20-16-10-8-14(9-11-16)13-19-12-4-6-15-5-2-3-7-17(15)18/h2-3,5,7-11,19H,4,6,12-13H2,1H3. The number of halogens is 1. The van der Waals surface area contributed by atoms with Crippen molar-refractivity contribution in [1.29, 1.82) is 0 Å². The lowest BCUT2D eigenvalue weighted by Crippen LogP contribution is -2.15. The fourth-order valence-electron chi connectivity index (χ4n) is 2.08. The largest absolute Gasteiger partial charge is 0.497 e. The molecular weight excluding hydrogens is 270 g/mol. The van der Waals surface area contributed by atoms with E-state index in [-0.39, 0.29) is 0 Å². The van der Waals surface area contributed by atoms with E-state index in [1.807, 2.05) is 30.3 Å². The minimum absolute atomic E-state index is 0.864. The monoisotopic (exact) mass is 289 g/mol. The first kappa shape index (κ1) is 14.9. The first-order chi connectivity index (χ1) is 9.79. The predicted octanol–water partition coefficient (Wildman–Crippen LogP) is 4.07. The van der Waals surface area contributed by atoms with Crippen molar-refractivity contribution >= 4 is 11.6 Å². The fourth-order valence-corrected chi connectivity index (χ4v) is 2.31. The van der Waals surface area contributed by atoms with Crippen molar-refractivity contribution in [2.45, 2.75) is 19.4 Å². The molecule has 0 saturated carbocycles. The highest BCUT2D eigenvalue weighted by Gasteiger charge is 1.99. The third-order valence-corrected chi connectivity index (χ3v) is 3.61. The maximum atomic E-state index is 6.13. The Balaban J connectivity index is 1.67. The summed E-state index contributed by atoms with van der Waals surface area (Å²) >= 11 is 6.13. The van der Waals surface area contributed by atoms with Gasteiger partial charge in [-0.3, -0.25) is 0 Å². The number of nitrogens with one attached hydrogen (secondary N) is 1. The van der Waals surface area contributed by atoms with Gasteiger partial charge in [-0.05, 0) is 48.7 Å². The molecule has 0 radical (unpaired) electrons.